The minimum Gasteiger partial charge on any atom is -0.358 e. The zero-order valence-electron chi connectivity index (χ0n) is 5.68. The second kappa shape index (κ2) is 1.75. The van der Waals surface area contributed by atoms with Gasteiger partial charge in [0, 0.05) is 12.4 Å². The SMILES string of the molecule is [2H]C1=NC([2H])(N)NC=C1. The number of hydrogen-bond acceptors (Lipinski definition) is 3. The Labute approximate surface area is 44.7 Å². The third-order valence-electron chi connectivity index (χ3n) is 0.574. The Bertz CT molecular complexity index is 173. The van der Waals surface area contributed by atoms with Gasteiger partial charge < -0.3 is 5.32 Å². The van der Waals surface area contributed by atoms with Crippen LogP contribution in [0.1, 0.15) is 2.74 Å². The highest BCUT2D eigenvalue weighted by atomic mass is 15.2. The number of nitrogens with zero attached hydrogens (tertiary/aromatic N) is 1. The Balaban J connectivity index is 2.78. The number of nitrogens with two attached hydrogens (primary N) is 1. The number of allylic oxidation sites excluding steroid dienone is 1. The van der Waals surface area contributed by atoms with E-state index in [0.717, 1.165) is 0 Å². The van der Waals surface area contributed by atoms with Crippen LogP contribution < -0.4 is 11.1 Å². The minimum atomic E-state index is -1.54. The van der Waals surface area contributed by atoms with E-state index in [2.05, 4.69) is 10.3 Å². The van der Waals surface area contributed by atoms with Crippen molar-refractivity contribution < 1.29 is 2.74 Å². The summed E-state index contributed by atoms with van der Waals surface area (Å²) in [6.45, 7) is 0. The second-order valence-electron chi connectivity index (χ2n) is 1.10. The van der Waals surface area contributed by atoms with Crippen LogP contribution in [0.3, 0.4) is 0 Å². The molecule has 0 aromatic rings. The fourth-order valence-electron chi connectivity index (χ4n) is 0.303. The summed E-state index contributed by atoms with van der Waals surface area (Å²) in [5, 5.41) is 2.45. The Hall–Kier alpha value is -0.830. The van der Waals surface area contributed by atoms with Crippen LogP contribution in [0.2, 0.25) is 0 Å². The van der Waals surface area contributed by atoms with Gasteiger partial charge in [-0.1, -0.05) is 0 Å². The van der Waals surface area contributed by atoms with Gasteiger partial charge >= 0.3 is 0 Å². The molecule has 1 atom stereocenters. The number of hydrogen-bond donors (Lipinski definition) is 2. The largest absolute Gasteiger partial charge is 0.358 e. The lowest BCUT2D eigenvalue weighted by molar-refractivity contribution is 0.639. The van der Waals surface area contributed by atoms with E-state index in [1.165, 1.54) is 12.3 Å². The van der Waals surface area contributed by atoms with Crippen LogP contribution in [0, 0.1) is 0 Å². The maximum Gasteiger partial charge on any atom is 0.170 e. The summed E-state index contributed by atoms with van der Waals surface area (Å²) >= 11 is 0. The molecule has 0 aromatic heterocycles. The first-order valence-electron chi connectivity index (χ1n) is 2.90. The standard InChI is InChI=1S/C4H7N3/c5-4-6-2-1-3-7-4/h1-4,6H,5H2/i3D,4D. The predicted octanol–water partition coefficient (Wildman–Crippen LogP) is -0.584. The molecule has 0 radical (unpaired) electrons. The molecule has 0 aromatic carbocycles. The Morgan fingerprint density at radius 2 is 3.00 bits per heavy atom. The first kappa shape index (κ1) is 2.47. The number of nitrogens with one attached hydrogen (secondary N) is 1. The summed E-state index contributed by atoms with van der Waals surface area (Å²) in [7, 11) is 0. The molecule has 3 heteroatoms. The molecule has 0 aliphatic carbocycles. The molecular weight excluding hydrogens is 90.1 g/mol. The minimum absolute atomic E-state index is 0.0197. The molecule has 0 saturated carbocycles. The predicted molar refractivity (Wildman–Crippen MR) is 28.7 cm³/mol. The lowest BCUT2D eigenvalue weighted by atomic mass is 10.6. The maximum absolute atomic E-state index is 7.06. The first-order valence-corrected chi connectivity index (χ1v) is 1.90. The van der Waals surface area contributed by atoms with E-state index in [1.807, 2.05) is 0 Å². The molecule has 3 N–H and O–H groups in total. The smallest absolute Gasteiger partial charge is 0.170 e. The molecule has 1 rings (SSSR count). The van der Waals surface area contributed by atoms with Crippen LogP contribution >= 0.6 is 0 Å². The summed E-state index contributed by atoms with van der Waals surface area (Å²) < 4.78 is 14.0. The van der Waals surface area contributed by atoms with Gasteiger partial charge in [-0.15, -0.1) is 0 Å². The number of aliphatic imine (C=N–C) groups is 1. The molecule has 0 saturated heterocycles. The van der Waals surface area contributed by atoms with Gasteiger partial charge in [-0.3, -0.25) is 10.7 Å². The second-order valence-corrected chi connectivity index (χ2v) is 1.10. The third kappa shape index (κ3) is 1.01. The van der Waals surface area contributed by atoms with Crippen molar-refractivity contribution in [1.82, 2.24) is 5.32 Å². The Morgan fingerprint density at radius 1 is 2.14 bits per heavy atom. The van der Waals surface area contributed by atoms with E-state index >= 15 is 0 Å². The van der Waals surface area contributed by atoms with Crippen molar-refractivity contribution in [3.63, 3.8) is 0 Å². The fraction of sp³-hybridized carbons (Fsp3) is 0.250. The molecule has 1 aliphatic heterocycles. The molecule has 0 amide bonds. The van der Waals surface area contributed by atoms with Crippen molar-refractivity contribution in [2.75, 3.05) is 0 Å². The third-order valence-corrected chi connectivity index (χ3v) is 0.574. The quantitative estimate of drug-likeness (QED) is 0.426. The van der Waals surface area contributed by atoms with Crippen molar-refractivity contribution in [2.45, 2.75) is 6.27 Å². The van der Waals surface area contributed by atoms with Crippen LogP contribution in [0.5, 0.6) is 0 Å². The summed E-state index contributed by atoms with van der Waals surface area (Å²) in [5.41, 5.74) is 5.16. The van der Waals surface area contributed by atoms with E-state index < -0.39 is 6.27 Å². The molecule has 0 spiro atoms. The summed E-state index contributed by atoms with van der Waals surface area (Å²) in [6.07, 6.45) is 1.35. The first-order chi connectivity index (χ1) is 4.10. The Kier molecular flexibility index (Phi) is 0.617. The van der Waals surface area contributed by atoms with Gasteiger partial charge in [0.1, 0.15) is 0 Å². The van der Waals surface area contributed by atoms with E-state index in [0.29, 0.717) is 0 Å². The Morgan fingerprint density at radius 3 is 3.43 bits per heavy atom. The molecule has 3 nitrogen and oxygen atoms in total. The topological polar surface area (TPSA) is 50.4 Å². The van der Waals surface area contributed by atoms with Crippen molar-refractivity contribution in [2.24, 2.45) is 10.7 Å². The van der Waals surface area contributed by atoms with Gasteiger partial charge in [0.25, 0.3) is 0 Å². The molecule has 7 heavy (non-hydrogen) atoms. The van der Waals surface area contributed by atoms with Crippen molar-refractivity contribution in [3.8, 4) is 0 Å². The fourth-order valence-corrected chi connectivity index (χ4v) is 0.303. The summed E-state index contributed by atoms with van der Waals surface area (Å²) in [6, 6.07) is 0. The van der Waals surface area contributed by atoms with E-state index in [1.54, 1.807) is 0 Å². The lowest BCUT2D eigenvalue weighted by Gasteiger charge is -2.06. The van der Waals surface area contributed by atoms with Gasteiger partial charge in [0.05, 0.1) is 2.74 Å². The molecular formula is C4H7N3. The van der Waals surface area contributed by atoms with Crippen LogP contribution in [0.4, 0.5) is 0 Å². The van der Waals surface area contributed by atoms with E-state index in [4.69, 9.17) is 8.48 Å². The van der Waals surface area contributed by atoms with Gasteiger partial charge in [0.15, 0.2) is 6.27 Å². The zero-order chi connectivity index (χ0) is 6.91. The monoisotopic (exact) mass is 99.1 g/mol. The number of rotatable bonds is 0. The van der Waals surface area contributed by atoms with Gasteiger partial charge in [0.2, 0.25) is 0 Å². The van der Waals surface area contributed by atoms with Crippen molar-refractivity contribution in [3.05, 3.63) is 12.3 Å². The van der Waals surface area contributed by atoms with Crippen molar-refractivity contribution >= 4 is 6.19 Å². The molecule has 1 unspecified atom stereocenters. The maximum atomic E-state index is 7.06. The highest BCUT2D eigenvalue weighted by Gasteiger charge is 1.91. The van der Waals surface area contributed by atoms with Crippen LogP contribution in [-0.4, -0.2) is 12.5 Å². The molecule has 1 aliphatic rings. The summed E-state index contributed by atoms with van der Waals surface area (Å²) in [5.74, 6) is 0. The van der Waals surface area contributed by atoms with E-state index in [-0.39, 0.29) is 6.19 Å². The average molecular weight is 99.1 g/mol. The van der Waals surface area contributed by atoms with Crippen LogP contribution in [-0.2, 0) is 0 Å². The van der Waals surface area contributed by atoms with Crippen LogP contribution in [0.25, 0.3) is 0 Å². The summed E-state index contributed by atoms with van der Waals surface area (Å²) in [4.78, 5) is 3.44. The average Bonchev–Trinajstić information content (AvgIpc) is 1.60. The van der Waals surface area contributed by atoms with E-state index in [9.17, 15) is 0 Å². The van der Waals surface area contributed by atoms with Gasteiger partial charge in [-0.25, -0.2) is 0 Å². The van der Waals surface area contributed by atoms with Crippen molar-refractivity contribution in [1.29, 1.82) is 0 Å². The molecule has 0 fully saturated rings. The highest BCUT2D eigenvalue weighted by molar-refractivity contribution is 5.71. The lowest BCUT2D eigenvalue weighted by Crippen LogP contribution is -2.32. The van der Waals surface area contributed by atoms with Crippen LogP contribution in [0.15, 0.2) is 17.3 Å². The zero-order valence-corrected chi connectivity index (χ0v) is 3.68. The molecule has 38 valence electrons. The van der Waals surface area contributed by atoms with Gasteiger partial charge in [-0.05, 0) is 6.08 Å². The molecule has 1 heterocycles. The van der Waals surface area contributed by atoms with Gasteiger partial charge in [-0.2, -0.15) is 0 Å². The molecule has 0 bridgehead atoms. The normalized spacial score (nSPS) is 43.3. The highest BCUT2D eigenvalue weighted by Crippen LogP contribution is 1.79.